The summed E-state index contributed by atoms with van der Waals surface area (Å²) in [6, 6.07) is 0. The molecule has 0 saturated heterocycles. The van der Waals surface area contributed by atoms with Gasteiger partial charge in [0.05, 0.1) is 11.5 Å². The Bertz CT molecular complexity index is 439. The first-order chi connectivity index (χ1) is 9.56. The lowest BCUT2D eigenvalue weighted by Crippen LogP contribution is -2.16. The van der Waals surface area contributed by atoms with E-state index in [1.54, 1.807) is 0 Å². The van der Waals surface area contributed by atoms with Crippen LogP contribution in [0.5, 0.6) is 5.88 Å². The highest BCUT2D eigenvalue weighted by Crippen LogP contribution is 2.30. The number of hydrogen-bond donors (Lipinski definition) is 1. The minimum absolute atomic E-state index is 0.0161. The van der Waals surface area contributed by atoms with E-state index in [-0.39, 0.29) is 17.4 Å². The molecule has 8 heteroatoms. The van der Waals surface area contributed by atoms with Crippen LogP contribution in [-0.4, -0.2) is 53.6 Å². The van der Waals surface area contributed by atoms with Gasteiger partial charge in [0.1, 0.15) is 6.33 Å². The molecule has 0 aliphatic rings. The summed E-state index contributed by atoms with van der Waals surface area (Å²) in [6.07, 6.45) is 2.89. The molecule has 0 aliphatic heterocycles. The van der Waals surface area contributed by atoms with E-state index in [2.05, 4.69) is 15.3 Å². The molecule has 0 spiro atoms. The molecule has 0 radical (unpaired) electrons. The van der Waals surface area contributed by atoms with Gasteiger partial charge in [-0.05, 0) is 26.9 Å². The van der Waals surface area contributed by atoms with Gasteiger partial charge in [0.25, 0.3) is 5.88 Å². The molecule has 0 fully saturated rings. The molecule has 0 aliphatic carbocycles. The average Bonchev–Trinajstić information content (AvgIpc) is 2.40. The van der Waals surface area contributed by atoms with Gasteiger partial charge >= 0.3 is 5.69 Å². The summed E-state index contributed by atoms with van der Waals surface area (Å²) in [7, 11) is 3.92. The van der Waals surface area contributed by atoms with Crippen LogP contribution in [0.1, 0.15) is 19.8 Å². The summed E-state index contributed by atoms with van der Waals surface area (Å²) in [6.45, 7) is 3.81. The standard InChI is InChI=1S/C12H21N5O3/c1-4-6-13-11-10(17(18)19)12(15-9-14-11)20-8-5-7-16(2)3/h9H,4-8H2,1-3H3,(H,13,14,15). The molecular formula is C12H21N5O3. The minimum Gasteiger partial charge on any atom is -0.473 e. The van der Waals surface area contributed by atoms with Gasteiger partial charge in [0, 0.05) is 13.1 Å². The number of nitro groups is 1. The van der Waals surface area contributed by atoms with Crippen molar-refractivity contribution in [3.8, 4) is 5.88 Å². The minimum atomic E-state index is -0.515. The molecule has 0 aromatic carbocycles. The molecule has 20 heavy (non-hydrogen) atoms. The normalized spacial score (nSPS) is 10.6. The van der Waals surface area contributed by atoms with Crippen LogP contribution < -0.4 is 10.1 Å². The number of aromatic nitrogens is 2. The quantitative estimate of drug-likeness (QED) is 0.417. The average molecular weight is 283 g/mol. The zero-order valence-electron chi connectivity index (χ0n) is 12.1. The van der Waals surface area contributed by atoms with Crippen molar-refractivity contribution in [3.05, 3.63) is 16.4 Å². The second-order valence-corrected chi connectivity index (χ2v) is 4.57. The Morgan fingerprint density at radius 1 is 1.45 bits per heavy atom. The molecule has 0 unspecified atom stereocenters. The molecule has 112 valence electrons. The lowest BCUT2D eigenvalue weighted by Gasteiger charge is -2.11. The van der Waals surface area contributed by atoms with E-state index in [0.29, 0.717) is 13.2 Å². The van der Waals surface area contributed by atoms with E-state index in [0.717, 1.165) is 19.4 Å². The molecule has 8 nitrogen and oxygen atoms in total. The van der Waals surface area contributed by atoms with Crippen LogP contribution in [0.2, 0.25) is 0 Å². The fourth-order valence-corrected chi connectivity index (χ4v) is 1.56. The Labute approximate surface area is 118 Å². The van der Waals surface area contributed by atoms with Crippen LogP contribution in [0, 0.1) is 10.1 Å². The molecule has 1 heterocycles. The molecule has 1 aromatic heterocycles. The predicted octanol–water partition coefficient (Wildman–Crippen LogP) is 1.54. The summed E-state index contributed by atoms with van der Waals surface area (Å²) in [5.41, 5.74) is -0.203. The fourth-order valence-electron chi connectivity index (χ4n) is 1.56. The zero-order chi connectivity index (χ0) is 15.0. The Morgan fingerprint density at radius 3 is 2.80 bits per heavy atom. The first-order valence-corrected chi connectivity index (χ1v) is 6.57. The van der Waals surface area contributed by atoms with Crippen molar-refractivity contribution < 1.29 is 9.66 Å². The lowest BCUT2D eigenvalue weighted by atomic mass is 10.4. The van der Waals surface area contributed by atoms with E-state index in [1.807, 2.05) is 25.9 Å². The van der Waals surface area contributed by atoms with Gasteiger partial charge in [-0.2, -0.15) is 4.98 Å². The summed E-state index contributed by atoms with van der Waals surface area (Å²) in [5, 5.41) is 14.1. The number of nitrogens with one attached hydrogen (secondary N) is 1. The van der Waals surface area contributed by atoms with Crippen molar-refractivity contribution in [1.82, 2.24) is 14.9 Å². The van der Waals surface area contributed by atoms with Gasteiger partial charge in [-0.1, -0.05) is 6.92 Å². The summed E-state index contributed by atoms with van der Waals surface area (Å²) >= 11 is 0. The Balaban J connectivity index is 2.76. The van der Waals surface area contributed by atoms with E-state index < -0.39 is 4.92 Å². The van der Waals surface area contributed by atoms with E-state index in [9.17, 15) is 10.1 Å². The third kappa shape index (κ3) is 4.96. The second-order valence-electron chi connectivity index (χ2n) is 4.57. The lowest BCUT2D eigenvalue weighted by molar-refractivity contribution is -0.385. The van der Waals surface area contributed by atoms with Gasteiger partial charge in [-0.3, -0.25) is 10.1 Å². The largest absolute Gasteiger partial charge is 0.473 e. The maximum atomic E-state index is 11.1. The fraction of sp³-hybridized carbons (Fsp3) is 0.667. The zero-order valence-corrected chi connectivity index (χ0v) is 12.1. The van der Waals surface area contributed by atoms with Crippen molar-refractivity contribution in [1.29, 1.82) is 0 Å². The van der Waals surface area contributed by atoms with Crippen molar-refractivity contribution in [2.75, 3.05) is 39.1 Å². The summed E-state index contributed by atoms with van der Waals surface area (Å²) in [4.78, 5) is 20.4. The van der Waals surface area contributed by atoms with Crippen molar-refractivity contribution in [2.45, 2.75) is 19.8 Å². The van der Waals surface area contributed by atoms with Gasteiger partial charge < -0.3 is 15.0 Å². The smallest absolute Gasteiger partial charge is 0.372 e. The maximum Gasteiger partial charge on any atom is 0.372 e. The topological polar surface area (TPSA) is 93.4 Å². The van der Waals surface area contributed by atoms with E-state index in [1.165, 1.54) is 6.33 Å². The van der Waals surface area contributed by atoms with E-state index >= 15 is 0 Å². The second kappa shape index (κ2) is 8.26. The number of nitrogens with zero attached hydrogens (tertiary/aromatic N) is 4. The summed E-state index contributed by atoms with van der Waals surface area (Å²) in [5.74, 6) is 0.219. The molecule has 0 atom stereocenters. The summed E-state index contributed by atoms with van der Waals surface area (Å²) < 4.78 is 5.41. The van der Waals surface area contributed by atoms with E-state index in [4.69, 9.17) is 4.74 Å². The Kier molecular flexibility index (Phi) is 6.65. The molecular weight excluding hydrogens is 262 g/mol. The Hall–Kier alpha value is -1.96. The van der Waals surface area contributed by atoms with Crippen LogP contribution in [-0.2, 0) is 0 Å². The van der Waals surface area contributed by atoms with Crippen molar-refractivity contribution in [3.63, 3.8) is 0 Å². The van der Waals surface area contributed by atoms with Gasteiger partial charge in [-0.15, -0.1) is 0 Å². The third-order valence-electron chi connectivity index (χ3n) is 2.50. The van der Waals surface area contributed by atoms with Crippen LogP contribution in [0.3, 0.4) is 0 Å². The Morgan fingerprint density at radius 2 is 2.20 bits per heavy atom. The van der Waals surface area contributed by atoms with Crippen molar-refractivity contribution >= 4 is 11.5 Å². The van der Waals surface area contributed by atoms with Crippen LogP contribution in [0.25, 0.3) is 0 Å². The van der Waals surface area contributed by atoms with Crippen LogP contribution >= 0.6 is 0 Å². The van der Waals surface area contributed by atoms with Crippen LogP contribution in [0.15, 0.2) is 6.33 Å². The third-order valence-corrected chi connectivity index (χ3v) is 2.50. The molecule has 1 aromatic rings. The number of anilines is 1. The predicted molar refractivity (Wildman–Crippen MR) is 76.1 cm³/mol. The molecule has 0 saturated carbocycles. The molecule has 0 amide bonds. The molecule has 1 N–H and O–H groups in total. The highest BCUT2D eigenvalue weighted by Gasteiger charge is 2.24. The molecule has 0 bridgehead atoms. The number of rotatable bonds is 9. The molecule has 1 rings (SSSR count). The van der Waals surface area contributed by atoms with Crippen molar-refractivity contribution in [2.24, 2.45) is 0 Å². The first-order valence-electron chi connectivity index (χ1n) is 6.57. The number of hydrogen-bond acceptors (Lipinski definition) is 7. The monoisotopic (exact) mass is 283 g/mol. The van der Waals surface area contributed by atoms with Gasteiger partial charge in [0.2, 0.25) is 5.82 Å². The number of ether oxygens (including phenoxy) is 1. The SMILES string of the molecule is CCCNc1ncnc(OCCCN(C)C)c1[N+](=O)[O-]. The van der Waals surface area contributed by atoms with Crippen LogP contribution in [0.4, 0.5) is 11.5 Å². The first kappa shape index (κ1) is 16.1. The highest BCUT2D eigenvalue weighted by atomic mass is 16.6. The van der Waals surface area contributed by atoms with Gasteiger partial charge in [-0.25, -0.2) is 4.98 Å². The highest BCUT2D eigenvalue weighted by molar-refractivity contribution is 5.60. The van der Waals surface area contributed by atoms with Gasteiger partial charge in [0.15, 0.2) is 0 Å². The maximum absolute atomic E-state index is 11.1.